The number of aromatic nitrogens is 3. The molecule has 0 amide bonds. The van der Waals surface area contributed by atoms with Crippen LogP contribution < -0.4 is 11.4 Å². The van der Waals surface area contributed by atoms with Crippen LogP contribution in [-0.4, -0.2) is 18.3 Å². The molecule has 1 fully saturated rings. The number of alkyl halides is 2. The molecule has 6 rings (SSSR count). The molecule has 7 heteroatoms. The summed E-state index contributed by atoms with van der Waals surface area (Å²) in [6.07, 6.45) is 4.65. The van der Waals surface area contributed by atoms with Gasteiger partial charge in [0.25, 0.3) is 0 Å². The molecular formula is C16H13Cl2N3O2. The maximum Gasteiger partial charge on any atom is 0.352 e. The Balaban J connectivity index is 1.78. The van der Waals surface area contributed by atoms with Crippen LogP contribution in [-0.2, 0) is 0 Å². The average Bonchev–Trinajstić information content (AvgIpc) is 3.10. The normalized spacial score (nSPS) is 32.3. The van der Waals surface area contributed by atoms with Gasteiger partial charge in [-0.1, -0.05) is 30.4 Å². The van der Waals surface area contributed by atoms with Gasteiger partial charge in [-0.15, -0.1) is 23.2 Å². The van der Waals surface area contributed by atoms with Crippen LogP contribution in [0.5, 0.6) is 0 Å². The van der Waals surface area contributed by atoms with E-state index in [1.807, 2.05) is 18.2 Å². The minimum absolute atomic E-state index is 0.0236. The Hall–Kier alpha value is -1.72. The molecule has 118 valence electrons. The second-order valence-electron chi connectivity index (χ2n) is 6.41. The first-order valence-electron chi connectivity index (χ1n) is 7.59. The monoisotopic (exact) mass is 349 g/mol. The number of hydrogen-bond donors (Lipinski definition) is 0. The maximum atomic E-state index is 12.9. The highest BCUT2D eigenvalue weighted by atomic mass is 35.5. The summed E-state index contributed by atoms with van der Waals surface area (Å²) in [7, 11) is 0. The molecule has 0 saturated heterocycles. The lowest BCUT2D eigenvalue weighted by molar-refractivity contribution is 0.346. The molecule has 2 bridgehead atoms. The van der Waals surface area contributed by atoms with Gasteiger partial charge in [0.15, 0.2) is 0 Å². The largest absolute Gasteiger partial charge is 0.352 e. The van der Waals surface area contributed by atoms with Gasteiger partial charge in [0, 0.05) is 11.8 Å². The first-order chi connectivity index (χ1) is 11.0. The van der Waals surface area contributed by atoms with Crippen LogP contribution >= 0.6 is 23.2 Å². The van der Waals surface area contributed by atoms with E-state index in [4.69, 9.17) is 23.2 Å². The van der Waals surface area contributed by atoms with Gasteiger partial charge in [0.2, 0.25) is 0 Å². The first kappa shape index (κ1) is 13.7. The van der Waals surface area contributed by atoms with Crippen molar-refractivity contribution in [1.82, 2.24) is 13.9 Å². The van der Waals surface area contributed by atoms with Crippen molar-refractivity contribution in [2.45, 2.75) is 22.8 Å². The van der Waals surface area contributed by atoms with Crippen molar-refractivity contribution < 1.29 is 0 Å². The third-order valence-corrected chi connectivity index (χ3v) is 6.34. The minimum Gasteiger partial charge on any atom is -0.245 e. The first-order valence-corrected chi connectivity index (χ1v) is 8.35. The van der Waals surface area contributed by atoms with Crippen LogP contribution in [0, 0.1) is 11.8 Å². The quantitative estimate of drug-likeness (QED) is 0.585. The van der Waals surface area contributed by atoms with Crippen molar-refractivity contribution in [3.63, 3.8) is 0 Å². The van der Waals surface area contributed by atoms with Crippen LogP contribution in [0.1, 0.15) is 18.5 Å². The molecule has 4 aliphatic rings. The number of nitrogens with zero attached hydrogens (tertiary/aromatic N) is 3. The van der Waals surface area contributed by atoms with Gasteiger partial charge < -0.3 is 0 Å². The topological polar surface area (TPSA) is 48.9 Å². The fraction of sp³-hybridized carbons (Fsp3) is 0.375. The highest BCUT2D eigenvalue weighted by Crippen LogP contribution is 2.68. The Morgan fingerprint density at radius 3 is 2.43 bits per heavy atom. The predicted molar refractivity (Wildman–Crippen MR) is 87.5 cm³/mol. The standard InChI is InChI=1S/C16H13Cl2N3O2/c17-16(18)11-8-10-6-7-12(13(11)16)21-15(23)19(14(22)20(10)21)9-4-2-1-3-5-9/h1-7,10-13H,8H2. The van der Waals surface area contributed by atoms with Gasteiger partial charge in [-0.25, -0.2) is 23.5 Å². The number of allylic oxidation sites excluding steroid dienone is 2. The molecule has 3 heterocycles. The maximum absolute atomic E-state index is 12.9. The minimum atomic E-state index is -0.802. The molecule has 2 aliphatic heterocycles. The van der Waals surface area contributed by atoms with Gasteiger partial charge >= 0.3 is 11.4 Å². The van der Waals surface area contributed by atoms with Crippen molar-refractivity contribution in [2.24, 2.45) is 11.8 Å². The fourth-order valence-electron chi connectivity index (χ4n) is 4.14. The molecule has 5 nitrogen and oxygen atoms in total. The molecule has 0 N–H and O–H groups in total. The summed E-state index contributed by atoms with van der Waals surface area (Å²) < 4.78 is 3.52. The second kappa shape index (κ2) is 4.22. The molecule has 23 heavy (non-hydrogen) atoms. The SMILES string of the molecule is O=c1n(-c2ccccc2)c(=O)n2n1C1C=CC2C2C(C1)C2(Cl)Cl. The highest BCUT2D eigenvalue weighted by Gasteiger charge is 2.68. The van der Waals surface area contributed by atoms with E-state index in [9.17, 15) is 9.59 Å². The highest BCUT2D eigenvalue weighted by molar-refractivity contribution is 6.51. The van der Waals surface area contributed by atoms with E-state index in [-0.39, 0.29) is 35.3 Å². The van der Waals surface area contributed by atoms with Gasteiger partial charge in [-0.05, 0) is 18.6 Å². The van der Waals surface area contributed by atoms with Crippen molar-refractivity contribution in [3.8, 4) is 5.69 Å². The number of hydrogen-bond acceptors (Lipinski definition) is 2. The van der Waals surface area contributed by atoms with Crippen LogP contribution in [0.25, 0.3) is 5.69 Å². The zero-order valence-corrected chi connectivity index (χ0v) is 13.5. The van der Waals surface area contributed by atoms with Crippen molar-refractivity contribution in [3.05, 3.63) is 63.5 Å². The van der Waals surface area contributed by atoms with Gasteiger partial charge in [-0.3, -0.25) is 0 Å². The van der Waals surface area contributed by atoms with Crippen LogP contribution in [0.3, 0.4) is 0 Å². The van der Waals surface area contributed by atoms with E-state index < -0.39 is 4.33 Å². The molecule has 4 unspecified atom stereocenters. The Labute approximate surface area is 141 Å². The van der Waals surface area contributed by atoms with Crippen molar-refractivity contribution in [1.29, 1.82) is 0 Å². The number of rotatable bonds is 1. The predicted octanol–water partition coefficient (Wildman–Crippen LogP) is 2.28. The van der Waals surface area contributed by atoms with E-state index >= 15 is 0 Å². The third kappa shape index (κ3) is 1.59. The summed E-state index contributed by atoms with van der Waals surface area (Å²) in [4.78, 5) is 25.8. The summed E-state index contributed by atoms with van der Waals surface area (Å²) in [5, 5.41) is 0. The summed E-state index contributed by atoms with van der Waals surface area (Å²) in [6.45, 7) is 0. The van der Waals surface area contributed by atoms with Crippen LogP contribution in [0.15, 0.2) is 52.1 Å². The molecular weight excluding hydrogens is 337 g/mol. The Morgan fingerprint density at radius 1 is 1.00 bits per heavy atom. The average molecular weight is 350 g/mol. The van der Waals surface area contributed by atoms with E-state index in [2.05, 4.69) is 0 Å². The molecule has 1 saturated carbocycles. The molecule has 1 aromatic carbocycles. The number of benzene rings is 1. The molecule has 1 aromatic heterocycles. The zero-order valence-electron chi connectivity index (χ0n) is 12.0. The van der Waals surface area contributed by atoms with Crippen LogP contribution in [0.2, 0.25) is 0 Å². The summed E-state index contributed by atoms with van der Waals surface area (Å²) in [5.74, 6) is 0.0942. The van der Waals surface area contributed by atoms with Gasteiger partial charge in [0.1, 0.15) is 4.33 Å². The molecule has 2 aromatic rings. The van der Waals surface area contributed by atoms with E-state index in [0.29, 0.717) is 12.1 Å². The summed E-state index contributed by atoms with van der Waals surface area (Å²) >= 11 is 12.8. The lowest BCUT2D eigenvalue weighted by atomic mass is 10.1. The van der Waals surface area contributed by atoms with Crippen molar-refractivity contribution in [2.75, 3.05) is 0 Å². The number of halogens is 2. The van der Waals surface area contributed by atoms with Gasteiger partial charge in [0.05, 0.1) is 17.8 Å². The second-order valence-corrected chi connectivity index (χ2v) is 7.85. The molecule has 4 atom stereocenters. The molecule has 0 spiro atoms. The van der Waals surface area contributed by atoms with Crippen LogP contribution in [0.4, 0.5) is 0 Å². The third-order valence-electron chi connectivity index (χ3n) is 5.27. The lowest BCUT2D eigenvalue weighted by Gasteiger charge is -2.25. The Morgan fingerprint density at radius 2 is 1.70 bits per heavy atom. The van der Waals surface area contributed by atoms with E-state index in [1.54, 1.807) is 28.9 Å². The van der Waals surface area contributed by atoms with Gasteiger partial charge in [-0.2, -0.15) is 0 Å². The summed E-state index contributed by atoms with van der Waals surface area (Å²) in [5.41, 5.74) is -0.0702. The van der Waals surface area contributed by atoms with Crippen molar-refractivity contribution >= 4 is 23.2 Å². The fourth-order valence-corrected chi connectivity index (χ4v) is 5.03. The number of para-hydroxylation sites is 1. The van der Waals surface area contributed by atoms with E-state index in [1.165, 1.54) is 9.25 Å². The zero-order chi connectivity index (χ0) is 15.9. The Bertz CT molecular complexity index is 954. The smallest absolute Gasteiger partial charge is 0.245 e. The lowest BCUT2D eigenvalue weighted by Crippen LogP contribution is -2.35. The summed E-state index contributed by atoms with van der Waals surface area (Å²) in [6, 6.07) is 8.53. The van der Waals surface area contributed by atoms with E-state index in [0.717, 1.165) is 0 Å². The molecule has 0 radical (unpaired) electrons. The Kier molecular flexibility index (Phi) is 2.51. The molecule has 2 aliphatic carbocycles.